The SMILES string of the molecule is [2H]c1cccc2[nH]c(CC(=O)O)c([2H])c12. The minimum atomic E-state index is -0.985. The third-order valence-electron chi connectivity index (χ3n) is 1.75. The van der Waals surface area contributed by atoms with Crippen molar-refractivity contribution in [2.24, 2.45) is 0 Å². The standard InChI is InChI=1S/C10H9NO2/c12-10(13)6-8-5-7-3-1-2-4-9(7)11-8/h1-5,11H,6H2,(H,12,13)/i3D,5D. The smallest absolute Gasteiger partial charge is 0.309 e. The van der Waals surface area contributed by atoms with Gasteiger partial charge in [-0.3, -0.25) is 4.79 Å². The number of aliphatic carboxylic acids is 1. The second kappa shape index (κ2) is 2.94. The Morgan fingerprint density at radius 2 is 2.46 bits per heavy atom. The highest BCUT2D eigenvalue weighted by molar-refractivity contribution is 5.82. The number of carboxylic acid groups (broad SMARTS) is 1. The Kier molecular flexibility index (Phi) is 1.31. The van der Waals surface area contributed by atoms with E-state index < -0.39 is 5.97 Å². The van der Waals surface area contributed by atoms with Crippen LogP contribution in [-0.2, 0) is 11.2 Å². The van der Waals surface area contributed by atoms with Crippen molar-refractivity contribution in [3.63, 3.8) is 0 Å². The number of para-hydroxylation sites is 1. The van der Waals surface area contributed by atoms with Gasteiger partial charge < -0.3 is 10.1 Å². The van der Waals surface area contributed by atoms with E-state index in [4.69, 9.17) is 7.85 Å². The number of H-pyrrole nitrogens is 1. The fourth-order valence-corrected chi connectivity index (χ4v) is 1.23. The van der Waals surface area contributed by atoms with Gasteiger partial charge >= 0.3 is 5.97 Å². The second-order valence-corrected chi connectivity index (χ2v) is 2.76. The highest BCUT2D eigenvalue weighted by Gasteiger charge is 2.03. The van der Waals surface area contributed by atoms with Crippen molar-refractivity contribution in [2.75, 3.05) is 0 Å². The fourth-order valence-electron chi connectivity index (χ4n) is 1.23. The van der Waals surface area contributed by atoms with Crippen molar-refractivity contribution in [2.45, 2.75) is 6.42 Å². The molecule has 1 aromatic carbocycles. The summed E-state index contributed by atoms with van der Waals surface area (Å²) in [6.07, 6.45) is -0.215. The van der Waals surface area contributed by atoms with E-state index in [-0.39, 0.29) is 18.5 Å². The molecule has 1 heterocycles. The maximum atomic E-state index is 10.5. The van der Waals surface area contributed by atoms with Gasteiger partial charge in [0.05, 0.1) is 9.16 Å². The van der Waals surface area contributed by atoms with E-state index in [1.165, 1.54) is 0 Å². The number of benzene rings is 1. The van der Waals surface area contributed by atoms with Crippen LogP contribution in [0.1, 0.15) is 8.44 Å². The number of hydrogen-bond donors (Lipinski definition) is 2. The van der Waals surface area contributed by atoms with Crippen molar-refractivity contribution < 1.29 is 12.6 Å². The monoisotopic (exact) mass is 177 g/mol. The lowest BCUT2D eigenvalue weighted by atomic mass is 10.2. The lowest BCUT2D eigenvalue weighted by molar-refractivity contribution is -0.136. The number of hydrogen-bond acceptors (Lipinski definition) is 1. The van der Waals surface area contributed by atoms with Crippen molar-refractivity contribution in [1.29, 1.82) is 0 Å². The van der Waals surface area contributed by atoms with Crippen LogP contribution in [0.15, 0.2) is 30.3 Å². The molecule has 66 valence electrons. The van der Waals surface area contributed by atoms with Crippen molar-refractivity contribution >= 4 is 16.9 Å². The number of fused-ring (bicyclic) bond motifs is 1. The summed E-state index contributed by atoms with van der Waals surface area (Å²) in [4.78, 5) is 13.4. The highest BCUT2D eigenvalue weighted by atomic mass is 16.4. The topological polar surface area (TPSA) is 53.1 Å². The van der Waals surface area contributed by atoms with Crippen LogP contribution in [0.5, 0.6) is 0 Å². The molecule has 0 amide bonds. The predicted octanol–water partition coefficient (Wildman–Crippen LogP) is 1.79. The molecule has 0 fully saturated rings. The molecule has 0 aliphatic rings. The Bertz CT molecular complexity index is 533. The van der Waals surface area contributed by atoms with Gasteiger partial charge in [0.15, 0.2) is 0 Å². The molecule has 0 spiro atoms. The number of nitrogens with one attached hydrogen (secondary N) is 1. The molecule has 1 aromatic heterocycles. The van der Waals surface area contributed by atoms with E-state index in [0.29, 0.717) is 16.6 Å². The molecule has 2 rings (SSSR count). The summed E-state index contributed by atoms with van der Waals surface area (Å²) >= 11 is 0. The molecule has 2 aromatic rings. The molecule has 0 aliphatic heterocycles. The molecule has 0 atom stereocenters. The zero-order chi connectivity index (χ0) is 11.0. The van der Waals surface area contributed by atoms with E-state index in [1.807, 2.05) is 0 Å². The third kappa shape index (κ3) is 1.54. The summed E-state index contributed by atoms with van der Waals surface area (Å²) in [5, 5.41) is 9.12. The summed E-state index contributed by atoms with van der Waals surface area (Å²) in [5.41, 5.74) is 0.987. The number of aromatic amines is 1. The summed E-state index contributed by atoms with van der Waals surface area (Å²) in [5.74, 6) is -0.985. The fraction of sp³-hybridized carbons (Fsp3) is 0.100. The normalized spacial score (nSPS) is 12.6. The van der Waals surface area contributed by atoms with Crippen LogP contribution >= 0.6 is 0 Å². The highest BCUT2D eigenvalue weighted by Crippen LogP contribution is 2.14. The molecule has 2 N–H and O–H groups in total. The minimum absolute atomic E-state index is 0.109. The first-order valence-corrected chi connectivity index (χ1v) is 3.88. The molecule has 0 aliphatic carbocycles. The van der Waals surface area contributed by atoms with Gasteiger partial charge in [-0.1, -0.05) is 18.2 Å². The van der Waals surface area contributed by atoms with Crippen LogP contribution in [0.2, 0.25) is 0 Å². The Morgan fingerprint density at radius 3 is 3.15 bits per heavy atom. The molecule has 0 unspecified atom stereocenters. The van der Waals surface area contributed by atoms with Gasteiger partial charge in [0.2, 0.25) is 0 Å². The first-order chi connectivity index (χ1) is 7.09. The molecule has 0 saturated heterocycles. The summed E-state index contributed by atoms with van der Waals surface area (Å²) < 4.78 is 15.4. The summed E-state index contributed by atoms with van der Waals surface area (Å²) in [6, 6.07) is 5.36. The van der Waals surface area contributed by atoms with Gasteiger partial charge in [0, 0.05) is 11.2 Å². The van der Waals surface area contributed by atoms with Crippen LogP contribution in [-0.4, -0.2) is 16.1 Å². The van der Waals surface area contributed by atoms with E-state index in [0.717, 1.165) is 0 Å². The van der Waals surface area contributed by atoms with E-state index in [1.54, 1.807) is 18.2 Å². The molecular weight excluding hydrogens is 166 g/mol. The summed E-state index contributed by atoms with van der Waals surface area (Å²) in [6.45, 7) is 0. The van der Waals surface area contributed by atoms with Gasteiger partial charge in [-0.2, -0.15) is 0 Å². The molecule has 13 heavy (non-hydrogen) atoms. The average molecular weight is 177 g/mol. The number of carbonyl (C=O) groups is 1. The van der Waals surface area contributed by atoms with Crippen LogP contribution in [0.25, 0.3) is 10.9 Å². The van der Waals surface area contributed by atoms with E-state index in [2.05, 4.69) is 4.98 Å². The zero-order valence-electron chi connectivity index (χ0n) is 8.79. The van der Waals surface area contributed by atoms with Crippen molar-refractivity contribution in [3.05, 3.63) is 36.0 Å². The van der Waals surface area contributed by atoms with Crippen LogP contribution < -0.4 is 0 Å². The maximum absolute atomic E-state index is 10.5. The Labute approximate surface area is 77.8 Å². The summed E-state index contributed by atoms with van der Waals surface area (Å²) in [7, 11) is 0. The Balaban J connectivity index is 2.64. The number of rotatable bonds is 2. The second-order valence-electron chi connectivity index (χ2n) is 2.76. The van der Waals surface area contributed by atoms with E-state index >= 15 is 0 Å². The minimum Gasteiger partial charge on any atom is -0.481 e. The van der Waals surface area contributed by atoms with Gasteiger partial charge in [0.25, 0.3) is 0 Å². The first-order valence-electron chi connectivity index (χ1n) is 4.88. The van der Waals surface area contributed by atoms with Gasteiger partial charge in [-0.25, -0.2) is 0 Å². The first kappa shape index (κ1) is 5.80. The van der Waals surface area contributed by atoms with Crippen LogP contribution in [0.4, 0.5) is 0 Å². The average Bonchev–Trinajstić information content (AvgIpc) is 2.44. The maximum Gasteiger partial charge on any atom is 0.309 e. The van der Waals surface area contributed by atoms with Gasteiger partial charge in [-0.15, -0.1) is 0 Å². The number of aromatic nitrogens is 1. The van der Waals surface area contributed by atoms with Gasteiger partial charge in [0.1, 0.15) is 0 Å². The molecule has 0 radical (unpaired) electrons. The predicted molar refractivity (Wildman–Crippen MR) is 49.6 cm³/mol. The zero-order valence-corrected chi connectivity index (χ0v) is 6.79. The quantitative estimate of drug-likeness (QED) is 0.734. The van der Waals surface area contributed by atoms with Crippen molar-refractivity contribution in [3.8, 4) is 0 Å². The largest absolute Gasteiger partial charge is 0.481 e. The van der Waals surface area contributed by atoms with Crippen LogP contribution in [0.3, 0.4) is 0 Å². The lowest BCUT2D eigenvalue weighted by Gasteiger charge is -1.88. The molecule has 0 bridgehead atoms. The molecule has 0 saturated carbocycles. The van der Waals surface area contributed by atoms with Crippen molar-refractivity contribution in [1.82, 2.24) is 4.98 Å². The molecular formula is C10H9NO2. The lowest BCUT2D eigenvalue weighted by Crippen LogP contribution is -1.99. The number of carboxylic acids is 1. The Morgan fingerprint density at radius 1 is 1.62 bits per heavy atom. The van der Waals surface area contributed by atoms with E-state index in [9.17, 15) is 4.79 Å². The van der Waals surface area contributed by atoms with Crippen LogP contribution in [0, 0.1) is 0 Å². The molecule has 3 nitrogen and oxygen atoms in total. The van der Waals surface area contributed by atoms with Gasteiger partial charge in [-0.05, 0) is 17.5 Å². The Hall–Kier alpha value is -1.77. The molecule has 3 heteroatoms. The third-order valence-corrected chi connectivity index (χ3v) is 1.75.